The van der Waals surface area contributed by atoms with Gasteiger partial charge in [0.05, 0.1) is 6.04 Å². The van der Waals surface area contributed by atoms with Gasteiger partial charge in [-0.1, -0.05) is 6.92 Å². The fourth-order valence-electron chi connectivity index (χ4n) is 1.88. The molecule has 0 radical (unpaired) electrons. The third-order valence-electron chi connectivity index (χ3n) is 3.03. The highest BCUT2D eigenvalue weighted by molar-refractivity contribution is 7.99. The molecule has 0 amide bonds. The van der Waals surface area contributed by atoms with E-state index in [0.29, 0.717) is 6.04 Å². The van der Waals surface area contributed by atoms with Crippen LogP contribution in [0.5, 0.6) is 0 Å². The quantitative estimate of drug-likeness (QED) is 0.814. The predicted octanol–water partition coefficient (Wildman–Crippen LogP) is 1.94. The molecule has 0 aromatic carbocycles. The summed E-state index contributed by atoms with van der Waals surface area (Å²) >= 11 is 1.49. The second-order valence-electron chi connectivity index (χ2n) is 4.75. The van der Waals surface area contributed by atoms with Gasteiger partial charge in [0.1, 0.15) is 16.7 Å². The minimum Gasteiger partial charge on any atom is -0.373 e. The number of tetrazole rings is 1. The lowest BCUT2D eigenvalue weighted by atomic mass is 10.3. The second kappa shape index (κ2) is 5.74. The largest absolute Gasteiger partial charge is 0.373 e. The average Bonchev–Trinajstić information content (AvgIpc) is 3.19. The Morgan fingerprint density at radius 3 is 2.95 bits per heavy atom. The van der Waals surface area contributed by atoms with E-state index in [9.17, 15) is 0 Å². The van der Waals surface area contributed by atoms with E-state index in [1.54, 1.807) is 0 Å². The second-order valence-corrected chi connectivity index (χ2v) is 5.73. The van der Waals surface area contributed by atoms with Crippen molar-refractivity contribution in [3.63, 3.8) is 0 Å². The van der Waals surface area contributed by atoms with Crippen LogP contribution in [0.2, 0.25) is 0 Å². The van der Waals surface area contributed by atoms with Crippen LogP contribution < -0.4 is 5.32 Å². The monoisotopic (exact) mass is 291 g/mol. The number of aryl methyl sites for hydroxylation is 1. The van der Waals surface area contributed by atoms with Crippen LogP contribution in [0.15, 0.2) is 16.2 Å². The summed E-state index contributed by atoms with van der Waals surface area (Å²) in [5, 5.41) is 16.7. The summed E-state index contributed by atoms with van der Waals surface area (Å²) in [7, 11) is 1.86. The van der Waals surface area contributed by atoms with E-state index < -0.39 is 0 Å². The Morgan fingerprint density at radius 1 is 1.40 bits per heavy atom. The zero-order chi connectivity index (χ0) is 13.9. The summed E-state index contributed by atoms with van der Waals surface area (Å²) in [6.07, 6.45) is 4.21. The molecule has 0 aliphatic heterocycles. The van der Waals surface area contributed by atoms with E-state index in [0.717, 1.165) is 47.5 Å². The van der Waals surface area contributed by atoms with Gasteiger partial charge in [-0.3, -0.25) is 0 Å². The molecule has 20 heavy (non-hydrogen) atoms. The normalized spacial score (nSPS) is 14.5. The molecule has 2 aromatic heterocycles. The molecular formula is C12H17N7S. The molecule has 8 heteroatoms. The van der Waals surface area contributed by atoms with E-state index in [4.69, 9.17) is 0 Å². The van der Waals surface area contributed by atoms with Gasteiger partial charge in [0.2, 0.25) is 5.16 Å². The Morgan fingerprint density at radius 2 is 2.25 bits per heavy atom. The number of anilines is 1. The third kappa shape index (κ3) is 2.90. The van der Waals surface area contributed by atoms with Crippen molar-refractivity contribution in [1.29, 1.82) is 0 Å². The summed E-state index contributed by atoms with van der Waals surface area (Å²) in [5.41, 5.74) is 0. The minimum absolute atomic E-state index is 0.466. The SMILES string of the molecule is CCCc1nc(NC)cc(Sc2nnnn2C2CC2)n1. The first-order valence-electron chi connectivity index (χ1n) is 6.81. The molecule has 106 valence electrons. The van der Waals surface area contributed by atoms with Crippen LogP contribution in [0, 0.1) is 0 Å². The highest BCUT2D eigenvalue weighted by Gasteiger charge is 2.28. The van der Waals surface area contributed by atoms with Crippen molar-refractivity contribution in [1.82, 2.24) is 30.2 Å². The van der Waals surface area contributed by atoms with Crippen molar-refractivity contribution >= 4 is 17.6 Å². The van der Waals surface area contributed by atoms with E-state index in [1.807, 2.05) is 17.8 Å². The van der Waals surface area contributed by atoms with Crippen molar-refractivity contribution in [3.05, 3.63) is 11.9 Å². The molecule has 0 saturated heterocycles. The first-order chi connectivity index (χ1) is 9.80. The molecule has 7 nitrogen and oxygen atoms in total. The van der Waals surface area contributed by atoms with Crippen molar-refractivity contribution in [2.75, 3.05) is 12.4 Å². The number of rotatable bonds is 6. The van der Waals surface area contributed by atoms with E-state index in [-0.39, 0.29) is 0 Å². The standard InChI is InChI=1S/C12H17N7S/c1-3-4-9-14-10(13-2)7-11(15-9)20-12-16-17-18-19(12)8-5-6-8/h7-8H,3-6H2,1-2H3,(H,13,14,15). The molecule has 1 saturated carbocycles. The number of nitrogens with zero attached hydrogens (tertiary/aromatic N) is 6. The van der Waals surface area contributed by atoms with Crippen LogP contribution in [-0.2, 0) is 6.42 Å². The van der Waals surface area contributed by atoms with Gasteiger partial charge >= 0.3 is 0 Å². The van der Waals surface area contributed by atoms with Gasteiger partial charge in [-0.2, -0.15) is 0 Å². The third-order valence-corrected chi connectivity index (χ3v) is 3.90. The van der Waals surface area contributed by atoms with Crippen molar-refractivity contribution in [2.24, 2.45) is 0 Å². The molecule has 1 aliphatic carbocycles. The summed E-state index contributed by atoms with van der Waals surface area (Å²) in [6, 6.07) is 2.39. The number of aromatic nitrogens is 6. The molecule has 0 atom stereocenters. The van der Waals surface area contributed by atoms with Gasteiger partial charge in [0.25, 0.3) is 0 Å². The molecule has 1 aliphatic rings. The molecule has 2 heterocycles. The number of nitrogens with one attached hydrogen (secondary N) is 1. The maximum atomic E-state index is 4.57. The average molecular weight is 291 g/mol. The smallest absolute Gasteiger partial charge is 0.215 e. The Kier molecular flexibility index (Phi) is 3.81. The Hall–Kier alpha value is -1.70. The summed E-state index contributed by atoms with van der Waals surface area (Å²) in [4.78, 5) is 9.02. The maximum Gasteiger partial charge on any atom is 0.215 e. The van der Waals surface area contributed by atoms with Gasteiger partial charge in [-0.05, 0) is 41.5 Å². The lowest BCUT2D eigenvalue weighted by Crippen LogP contribution is -2.02. The molecule has 0 spiro atoms. The Balaban J connectivity index is 1.85. The van der Waals surface area contributed by atoms with Crippen molar-refractivity contribution in [2.45, 2.75) is 48.8 Å². The lowest BCUT2D eigenvalue weighted by Gasteiger charge is -2.06. The predicted molar refractivity (Wildman–Crippen MR) is 75.8 cm³/mol. The summed E-state index contributed by atoms with van der Waals surface area (Å²) < 4.78 is 1.89. The number of hydrogen-bond acceptors (Lipinski definition) is 7. The molecule has 2 aromatic rings. The zero-order valence-electron chi connectivity index (χ0n) is 11.6. The van der Waals surface area contributed by atoms with Gasteiger partial charge in [-0.25, -0.2) is 14.6 Å². The van der Waals surface area contributed by atoms with Crippen LogP contribution >= 0.6 is 11.8 Å². The van der Waals surface area contributed by atoms with Crippen LogP contribution in [-0.4, -0.2) is 37.2 Å². The summed E-state index contributed by atoms with van der Waals surface area (Å²) in [6.45, 7) is 2.12. The van der Waals surface area contributed by atoms with Crippen LogP contribution in [0.1, 0.15) is 38.1 Å². The van der Waals surface area contributed by atoms with E-state index in [1.165, 1.54) is 11.8 Å². The van der Waals surface area contributed by atoms with E-state index >= 15 is 0 Å². The zero-order valence-corrected chi connectivity index (χ0v) is 12.4. The highest BCUT2D eigenvalue weighted by Crippen LogP contribution is 2.37. The van der Waals surface area contributed by atoms with Crippen LogP contribution in [0.4, 0.5) is 5.82 Å². The maximum absolute atomic E-state index is 4.57. The first kappa shape index (κ1) is 13.3. The molecule has 0 unspecified atom stereocenters. The van der Waals surface area contributed by atoms with E-state index in [2.05, 4.69) is 37.7 Å². The Labute approximate surface area is 121 Å². The molecule has 0 bridgehead atoms. The molecular weight excluding hydrogens is 274 g/mol. The topological polar surface area (TPSA) is 81.4 Å². The molecule has 1 fully saturated rings. The van der Waals surface area contributed by atoms with Crippen LogP contribution in [0.3, 0.4) is 0 Å². The van der Waals surface area contributed by atoms with Gasteiger partial charge in [0.15, 0.2) is 0 Å². The lowest BCUT2D eigenvalue weighted by molar-refractivity contribution is 0.565. The summed E-state index contributed by atoms with van der Waals surface area (Å²) in [5.74, 6) is 1.68. The fraction of sp³-hybridized carbons (Fsp3) is 0.583. The molecule has 3 rings (SSSR count). The van der Waals surface area contributed by atoms with Gasteiger partial charge < -0.3 is 5.32 Å². The minimum atomic E-state index is 0.466. The highest BCUT2D eigenvalue weighted by atomic mass is 32.2. The first-order valence-corrected chi connectivity index (χ1v) is 7.63. The molecule has 1 N–H and O–H groups in total. The fourth-order valence-corrected chi connectivity index (χ4v) is 2.75. The van der Waals surface area contributed by atoms with Crippen molar-refractivity contribution < 1.29 is 0 Å². The van der Waals surface area contributed by atoms with Gasteiger partial charge in [-0.15, -0.1) is 5.10 Å². The van der Waals surface area contributed by atoms with Gasteiger partial charge in [0, 0.05) is 19.5 Å². The number of hydrogen-bond donors (Lipinski definition) is 1. The Bertz CT molecular complexity index is 593. The van der Waals surface area contributed by atoms with Crippen molar-refractivity contribution in [3.8, 4) is 0 Å². The van der Waals surface area contributed by atoms with Crippen LogP contribution in [0.25, 0.3) is 0 Å².